The van der Waals surface area contributed by atoms with Crippen LogP contribution in [0.15, 0.2) is 35.3 Å². The zero-order valence-corrected chi connectivity index (χ0v) is 18.8. The summed E-state index contributed by atoms with van der Waals surface area (Å²) in [6.07, 6.45) is 1.57. The van der Waals surface area contributed by atoms with Gasteiger partial charge in [0.25, 0.3) is 0 Å². The Morgan fingerprint density at radius 1 is 1.09 bits per heavy atom. The van der Waals surface area contributed by atoms with E-state index in [1.807, 2.05) is 18.2 Å². The Bertz CT molecular complexity index is 1090. The fraction of sp³-hybridized carbons (Fsp3) is 0.435. The Kier molecular flexibility index (Phi) is 6.83. The smallest absolute Gasteiger partial charge is 0.240 e. The number of ether oxygens (including phenoxy) is 3. The number of carbonyl (C=O) groups is 2. The first-order valence-electron chi connectivity index (χ1n) is 10.8. The molecule has 0 unspecified atom stereocenters. The van der Waals surface area contributed by atoms with Gasteiger partial charge in [-0.05, 0) is 17.7 Å². The fourth-order valence-electron chi connectivity index (χ4n) is 3.94. The van der Waals surface area contributed by atoms with Crippen LogP contribution in [-0.4, -0.2) is 66.3 Å². The summed E-state index contributed by atoms with van der Waals surface area (Å²) in [6, 6.07) is 7.06. The fourth-order valence-corrected chi connectivity index (χ4v) is 3.94. The predicted molar refractivity (Wildman–Crippen MR) is 119 cm³/mol. The third kappa shape index (κ3) is 5.46. The highest BCUT2D eigenvalue weighted by atomic mass is 16.7. The molecule has 1 aromatic heterocycles. The molecule has 33 heavy (non-hydrogen) atoms. The van der Waals surface area contributed by atoms with Crippen molar-refractivity contribution in [3.63, 3.8) is 0 Å². The van der Waals surface area contributed by atoms with Crippen molar-refractivity contribution in [2.75, 3.05) is 40.1 Å². The van der Waals surface area contributed by atoms with Gasteiger partial charge in [-0.25, -0.2) is 0 Å². The Morgan fingerprint density at radius 2 is 1.85 bits per heavy atom. The number of piperazine rings is 1. The lowest BCUT2D eigenvalue weighted by atomic mass is 10.2. The molecule has 0 radical (unpaired) electrons. The van der Waals surface area contributed by atoms with Gasteiger partial charge in [0.1, 0.15) is 6.54 Å². The molecule has 4 rings (SSSR count). The normalized spacial score (nSPS) is 15.4. The average Bonchev–Trinajstić information content (AvgIpc) is 3.27. The van der Waals surface area contributed by atoms with Gasteiger partial charge in [0.05, 0.1) is 13.3 Å². The van der Waals surface area contributed by atoms with Crippen LogP contribution in [0, 0.1) is 0 Å². The highest BCUT2D eigenvalue weighted by molar-refractivity contribution is 5.76. The SMILES string of the molecule is COc1cn(CC(=O)NCc2ccc3c(c2)OCO3)c(CN2CCN(C(C)=O)CC2)cc1=O. The van der Waals surface area contributed by atoms with Crippen LogP contribution in [0.3, 0.4) is 0 Å². The second kappa shape index (κ2) is 9.95. The number of methoxy groups -OCH3 is 1. The number of aromatic nitrogens is 1. The van der Waals surface area contributed by atoms with Crippen molar-refractivity contribution in [3.05, 3.63) is 51.9 Å². The van der Waals surface area contributed by atoms with Crippen LogP contribution in [0.1, 0.15) is 18.2 Å². The number of nitrogens with zero attached hydrogens (tertiary/aromatic N) is 3. The maximum Gasteiger partial charge on any atom is 0.240 e. The van der Waals surface area contributed by atoms with E-state index in [1.54, 1.807) is 22.6 Å². The van der Waals surface area contributed by atoms with Gasteiger partial charge in [0, 0.05) is 58.0 Å². The van der Waals surface area contributed by atoms with E-state index in [2.05, 4.69) is 10.2 Å². The predicted octanol–water partition coefficient (Wildman–Crippen LogP) is 0.566. The topological polar surface area (TPSA) is 102 Å². The molecule has 0 atom stereocenters. The summed E-state index contributed by atoms with van der Waals surface area (Å²) in [7, 11) is 1.43. The number of carbonyl (C=O) groups excluding carboxylic acids is 2. The minimum Gasteiger partial charge on any atom is -0.491 e. The first-order chi connectivity index (χ1) is 15.9. The molecule has 176 valence electrons. The van der Waals surface area contributed by atoms with Gasteiger partial charge in [0.2, 0.25) is 24.0 Å². The third-order valence-corrected chi connectivity index (χ3v) is 5.85. The molecule has 2 aromatic rings. The van der Waals surface area contributed by atoms with Crippen molar-refractivity contribution >= 4 is 11.8 Å². The molecule has 1 N–H and O–H groups in total. The van der Waals surface area contributed by atoms with Crippen LogP contribution >= 0.6 is 0 Å². The minimum absolute atomic E-state index is 0.0456. The van der Waals surface area contributed by atoms with Crippen LogP contribution in [0.4, 0.5) is 0 Å². The molecule has 0 aliphatic carbocycles. The van der Waals surface area contributed by atoms with Crippen LogP contribution in [0.5, 0.6) is 17.2 Å². The molecule has 3 heterocycles. The number of benzene rings is 1. The molecule has 1 saturated heterocycles. The van der Waals surface area contributed by atoms with Crippen molar-refractivity contribution in [2.45, 2.75) is 26.6 Å². The number of fused-ring (bicyclic) bond motifs is 1. The summed E-state index contributed by atoms with van der Waals surface area (Å²) in [6.45, 7) is 5.36. The zero-order valence-electron chi connectivity index (χ0n) is 18.8. The molecule has 1 fully saturated rings. The van der Waals surface area contributed by atoms with Gasteiger partial charge in [-0.15, -0.1) is 0 Å². The van der Waals surface area contributed by atoms with E-state index in [9.17, 15) is 14.4 Å². The standard InChI is InChI=1S/C23H28N4O6/c1-16(28)26-7-5-25(6-8-26)12-18-10-19(29)22(31-2)13-27(18)14-23(30)24-11-17-3-4-20-21(9-17)33-15-32-20/h3-4,9-10,13H,5-8,11-12,14-15H2,1-2H3,(H,24,30). The lowest BCUT2D eigenvalue weighted by Crippen LogP contribution is -2.47. The molecule has 0 bridgehead atoms. The maximum atomic E-state index is 12.7. The molecule has 2 aliphatic heterocycles. The average molecular weight is 456 g/mol. The molecule has 10 nitrogen and oxygen atoms in total. The number of pyridine rings is 1. The second-order valence-electron chi connectivity index (χ2n) is 8.07. The van der Waals surface area contributed by atoms with Crippen molar-refractivity contribution in [2.24, 2.45) is 0 Å². The van der Waals surface area contributed by atoms with Crippen molar-refractivity contribution in [1.29, 1.82) is 0 Å². The van der Waals surface area contributed by atoms with Gasteiger partial charge < -0.3 is 29.0 Å². The zero-order chi connectivity index (χ0) is 23.4. The van der Waals surface area contributed by atoms with Crippen LogP contribution in [0.2, 0.25) is 0 Å². The molecule has 1 aromatic carbocycles. The molecule has 10 heteroatoms. The summed E-state index contributed by atoms with van der Waals surface area (Å²) in [5, 5.41) is 2.91. The van der Waals surface area contributed by atoms with Gasteiger partial charge in [0.15, 0.2) is 17.2 Å². The second-order valence-corrected chi connectivity index (χ2v) is 8.07. The Labute approximate surface area is 191 Å². The van der Waals surface area contributed by atoms with E-state index in [0.29, 0.717) is 50.8 Å². The molecule has 0 saturated carbocycles. The molecule has 2 amide bonds. The van der Waals surface area contributed by atoms with Gasteiger partial charge in [-0.2, -0.15) is 0 Å². The lowest BCUT2D eigenvalue weighted by molar-refractivity contribution is -0.130. The third-order valence-electron chi connectivity index (χ3n) is 5.85. The van der Waals surface area contributed by atoms with E-state index in [1.165, 1.54) is 13.2 Å². The van der Waals surface area contributed by atoms with E-state index >= 15 is 0 Å². The summed E-state index contributed by atoms with van der Waals surface area (Å²) >= 11 is 0. The summed E-state index contributed by atoms with van der Waals surface area (Å²) < 4.78 is 17.6. The van der Waals surface area contributed by atoms with Crippen molar-refractivity contribution in [3.8, 4) is 17.2 Å². The van der Waals surface area contributed by atoms with Crippen LogP contribution < -0.4 is 25.0 Å². The summed E-state index contributed by atoms with van der Waals surface area (Å²) in [5.74, 6) is 1.41. The summed E-state index contributed by atoms with van der Waals surface area (Å²) in [4.78, 5) is 40.6. The Morgan fingerprint density at radius 3 is 2.58 bits per heavy atom. The monoisotopic (exact) mass is 456 g/mol. The first-order valence-corrected chi connectivity index (χ1v) is 10.8. The largest absolute Gasteiger partial charge is 0.491 e. The van der Waals surface area contributed by atoms with Crippen LogP contribution in [0.25, 0.3) is 0 Å². The van der Waals surface area contributed by atoms with Crippen LogP contribution in [-0.2, 0) is 29.2 Å². The molecular weight excluding hydrogens is 428 g/mol. The van der Waals surface area contributed by atoms with Gasteiger partial charge in [-0.3, -0.25) is 19.3 Å². The first kappa shape index (κ1) is 22.7. The quantitative estimate of drug-likeness (QED) is 0.650. The van der Waals surface area contributed by atoms with E-state index in [4.69, 9.17) is 14.2 Å². The number of nitrogens with one attached hydrogen (secondary N) is 1. The Hall–Kier alpha value is -3.53. The Balaban J connectivity index is 1.41. The highest BCUT2D eigenvalue weighted by Gasteiger charge is 2.20. The van der Waals surface area contributed by atoms with Crippen molar-refractivity contribution < 1.29 is 23.8 Å². The van der Waals surface area contributed by atoms with E-state index in [-0.39, 0.29) is 36.3 Å². The highest BCUT2D eigenvalue weighted by Crippen LogP contribution is 2.32. The van der Waals surface area contributed by atoms with Gasteiger partial charge in [-0.1, -0.05) is 6.07 Å². The number of amides is 2. The number of hydrogen-bond donors (Lipinski definition) is 1. The molecule has 0 spiro atoms. The number of hydrogen-bond acceptors (Lipinski definition) is 7. The van der Waals surface area contributed by atoms with E-state index in [0.717, 1.165) is 11.3 Å². The maximum absolute atomic E-state index is 12.7. The summed E-state index contributed by atoms with van der Waals surface area (Å²) in [5.41, 5.74) is 1.39. The lowest BCUT2D eigenvalue weighted by Gasteiger charge is -2.34. The molecular formula is C23H28N4O6. The van der Waals surface area contributed by atoms with E-state index < -0.39 is 0 Å². The molecule has 2 aliphatic rings. The van der Waals surface area contributed by atoms with Gasteiger partial charge >= 0.3 is 0 Å². The van der Waals surface area contributed by atoms with Crippen molar-refractivity contribution in [1.82, 2.24) is 19.7 Å². The minimum atomic E-state index is -0.230. The number of rotatable bonds is 7.